The predicted octanol–water partition coefficient (Wildman–Crippen LogP) is 4.74. The van der Waals surface area contributed by atoms with Crippen molar-refractivity contribution in [1.29, 1.82) is 0 Å². The van der Waals surface area contributed by atoms with E-state index in [1.54, 1.807) is 6.07 Å². The molecule has 146 valence electrons. The molecular formula is C22H26FN5. The molecule has 0 spiro atoms. The lowest BCUT2D eigenvalue weighted by atomic mass is 10.0. The molecule has 5 nitrogen and oxygen atoms in total. The largest absolute Gasteiger partial charge is 0.359 e. The van der Waals surface area contributed by atoms with Gasteiger partial charge in [0.05, 0.1) is 5.69 Å². The second-order valence-corrected chi connectivity index (χ2v) is 7.27. The average Bonchev–Trinajstić information content (AvgIpc) is 3.12. The summed E-state index contributed by atoms with van der Waals surface area (Å²) in [4.78, 5) is 5.41. The number of hydrogen-bond acceptors (Lipinski definition) is 4. The van der Waals surface area contributed by atoms with Crippen LogP contribution in [0.4, 0.5) is 10.2 Å². The molecule has 1 aliphatic rings. The molecule has 1 fully saturated rings. The van der Waals surface area contributed by atoms with Crippen LogP contribution >= 0.6 is 0 Å². The number of aromatic nitrogens is 3. The lowest BCUT2D eigenvalue weighted by Crippen LogP contribution is -2.31. The van der Waals surface area contributed by atoms with Gasteiger partial charge in [-0.2, -0.15) is 0 Å². The summed E-state index contributed by atoms with van der Waals surface area (Å²) in [5, 5.41) is 12.8. The number of piperidine rings is 1. The van der Waals surface area contributed by atoms with Gasteiger partial charge in [0.15, 0.2) is 5.82 Å². The number of anilines is 1. The fourth-order valence-electron chi connectivity index (χ4n) is 3.79. The number of likely N-dealkylation sites (tertiary alicyclic amines) is 1. The minimum absolute atomic E-state index is 0.236. The molecule has 4 rings (SSSR count). The highest BCUT2D eigenvalue weighted by Gasteiger charge is 2.13. The standard InChI is InChI=1S/C22H26FN5/c1-3-16-11-21(25-12-15-6-5-9-28(4-2)14-15)26-27-22(16)17-7-8-18-19(23)13-24-20(18)10-17/h7-8,10-13,24H,3-6,9,14H2,1-2H3,(H,25,26)/b15-12-. The number of fused-ring (bicyclic) bond motifs is 1. The molecule has 0 amide bonds. The van der Waals surface area contributed by atoms with Crippen LogP contribution in [-0.2, 0) is 6.42 Å². The van der Waals surface area contributed by atoms with Gasteiger partial charge in [-0.1, -0.05) is 19.9 Å². The third-order valence-corrected chi connectivity index (χ3v) is 5.43. The zero-order valence-electron chi connectivity index (χ0n) is 16.4. The summed E-state index contributed by atoms with van der Waals surface area (Å²) >= 11 is 0. The van der Waals surface area contributed by atoms with Gasteiger partial charge in [0.2, 0.25) is 0 Å². The number of aryl methyl sites for hydroxylation is 1. The first-order valence-electron chi connectivity index (χ1n) is 9.98. The van der Waals surface area contributed by atoms with Gasteiger partial charge in [-0.25, -0.2) is 4.39 Å². The molecule has 0 aliphatic carbocycles. The summed E-state index contributed by atoms with van der Waals surface area (Å²) < 4.78 is 13.7. The molecule has 2 aromatic heterocycles. The number of H-pyrrole nitrogens is 1. The molecule has 3 heterocycles. The number of halogens is 1. The zero-order valence-corrected chi connectivity index (χ0v) is 16.4. The van der Waals surface area contributed by atoms with E-state index in [2.05, 4.69) is 51.5 Å². The number of aromatic amines is 1. The normalized spacial score (nSPS) is 16.8. The first-order valence-corrected chi connectivity index (χ1v) is 9.98. The maximum absolute atomic E-state index is 13.7. The van der Waals surface area contributed by atoms with Crippen LogP contribution in [0.2, 0.25) is 0 Å². The highest BCUT2D eigenvalue weighted by Crippen LogP contribution is 2.27. The summed E-state index contributed by atoms with van der Waals surface area (Å²) in [7, 11) is 0. The van der Waals surface area contributed by atoms with Crippen LogP contribution in [0.25, 0.3) is 22.2 Å². The Labute approximate surface area is 164 Å². The summed E-state index contributed by atoms with van der Waals surface area (Å²) in [6, 6.07) is 7.67. The molecule has 0 radical (unpaired) electrons. The van der Waals surface area contributed by atoms with Gasteiger partial charge >= 0.3 is 0 Å². The second kappa shape index (κ2) is 8.10. The highest BCUT2D eigenvalue weighted by molar-refractivity contribution is 5.85. The Morgan fingerprint density at radius 3 is 2.96 bits per heavy atom. The van der Waals surface area contributed by atoms with Crippen LogP contribution in [0, 0.1) is 5.82 Å². The Hall–Kier alpha value is -2.73. The fraction of sp³-hybridized carbons (Fsp3) is 0.364. The molecule has 1 aromatic carbocycles. The van der Waals surface area contributed by atoms with Gasteiger partial charge in [-0.3, -0.25) is 4.90 Å². The van der Waals surface area contributed by atoms with Crippen LogP contribution < -0.4 is 5.32 Å². The Morgan fingerprint density at radius 1 is 1.25 bits per heavy atom. The number of benzene rings is 1. The van der Waals surface area contributed by atoms with Crippen molar-refractivity contribution in [1.82, 2.24) is 20.1 Å². The van der Waals surface area contributed by atoms with Crippen LogP contribution in [0.3, 0.4) is 0 Å². The van der Waals surface area contributed by atoms with E-state index in [0.29, 0.717) is 5.39 Å². The summed E-state index contributed by atoms with van der Waals surface area (Å²) in [5.41, 5.74) is 5.06. The molecule has 0 saturated carbocycles. The molecule has 3 aromatic rings. The smallest absolute Gasteiger partial charge is 0.152 e. The van der Waals surface area contributed by atoms with Gasteiger partial charge in [0, 0.05) is 35.4 Å². The molecule has 0 bridgehead atoms. The average molecular weight is 379 g/mol. The monoisotopic (exact) mass is 379 g/mol. The Morgan fingerprint density at radius 2 is 2.14 bits per heavy atom. The topological polar surface area (TPSA) is 56.8 Å². The van der Waals surface area contributed by atoms with E-state index < -0.39 is 0 Å². The molecule has 1 aliphatic heterocycles. The molecule has 1 saturated heterocycles. The van der Waals surface area contributed by atoms with Gasteiger partial charge < -0.3 is 10.3 Å². The van der Waals surface area contributed by atoms with Crippen LogP contribution in [-0.4, -0.2) is 39.7 Å². The van der Waals surface area contributed by atoms with Crippen molar-refractivity contribution in [2.75, 3.05) is 25.0 Å². The van der Waals surface area contributed by atoms with Gasteiger partial charge in [0.1, 0.15) is 5.82 Å². The van der Waals surface area contributed by atoms with Crippen LogP contribution in [0.5, 0.6) is 0 Å². The summed E-state index contributed by atoms with van der Waals surface area (Å²) in [6.45, 7) is 7.59. The van der Waals surface area contributed by atoms with E-state index in [0.717, 1.165) is 54.1 Å². The van der Waals surface area contributed by atoms with E-state index >= 15 is 0 Å². The van der Waals surface area contributed by atoms with E-state index in [4.69, 9.17) is 0 Å². The van der Waals surface area contributed by atoms with Crippen molar-refractivity contribution >= 4 is 16.7 Å². The third-order valence-electron chi connectivity index (χ3n) is 5.43. The molecule has 2 N–H and O–H groups in total. The molecule has 0 unspecified atom stereocenters. The van der Waals surface area contributed by atoms with E-state index in [1.807, 2.05) is 12.1 Å². The molecular weight excluding hydrogens is 353 g/mol. The Balaban J connectivity index is 1.57. The Bertz CT molecular complexity index is 1010. The SMILES string of the molecule is CCc1cc(N/C=C2/CCCN(CC)C2)nnc1-c1ccc2c(F)c[nH]c2c1. The molecule has 6 heteroatoms. The second-order valence-electron chi connectivity index (χ2n) is 7.27. The number of hydrogen-bond donors (Lipinski definition) is 2. The van der Waals surface area contributed by atoms with E-state index in [1.165, 1.54) is 24.7 Å². The van der Waals surface area contributed by atoms with Gasteiger partial charge in [-0.15, -0.1) is 10.2 Å². The van der Waals surface area contributed by atoms with E-state index in [9.17, 15) is 4.39 Å². The summed E-state index contributed by atoms with van der Waals surface area (Å²) in [6.07, 6.45) is 6.64. The molecule has 0 atom stereocenters. The summed E-state index contributed by atoms with van der Waals surface area (Å²) in [5.74, 6) is 0.522. The number of nitrogens with one attached hydrogen (secondary N) is 2. The van der Waals surface area contributed by atoms with Crippen LogP contribution in [0.15, 0.2) is 42.2 Å². The maximum atomic E-state index is 13.7. The highest BCUT2D eigenvalue weighted by atomic mass is 19.1. The number of likely N-dealkylation sites (N-methyl/N-ethyl adjacent to an activating group) is 1. The third kappa shape index (κ3) is 3.78. The first-order chi connectivity index (χ1) is 13.7. The fourth-order valence-corrected chi connectivity index (χ4v) is 3.79. The van der Waals surface area contributed by atoms with Crippen molar-refractivity contribution in [3.8, 4) is 11.3 Å². The maximum Gasteiger partial charge on any atom is 0.152 e. The zero-order chi connectivity index (χ0) is 19.5. The number of nitrogens with zero attached hydrogens (tertiary/aromatic N) is 3. The van der Waals surface area contributed by atoms with Crippen LogP contribution in [0.1, 0.15) is 32.3 Å². The predicted molar refractivity (Wildman–Crippen MR) is 112 cm³/mol. The van der Waals surface area contributed by atoms with Crippen molar-refractivity contribution in [3.05, 3.63) is 53.6 Å². The van der Waals surface area contributed by atoms with Crippen molar-refractivity contribution in [3.63, 3.8) is 0 Å². The first kappa shape index (κ1) is 18.6. The van der Waals surface area contributed by atoms with Crippen molar-refractivity contribution in [2.45, 2.75) is 33.1 Å². The van der Waals surface area contributed by atoms with Gasteiger partial charge in [-0.05, 0) is 61.7 Å². The quantitative estimate of drug-likeness (QED) is 0.672. The van der Waals surface area contributed by atoms with Crippen molar-refractivity contribution in [2.24, 2.45) is 0 Å². The Kier molecular flexibility index (Phi) is 5.39. The van der Waals surface area contributed by atoms with E-state index in [-0.39, 0.29) is 5.82 Å². The van der Waals surface area contributed by atoms with Gasteiger partial charge in [0.25, 0.3) is 0 Å². The lowest BCUT2D eigenvalue weighted by Gasteiger charge is -2.27. The lowest BCUT2D eigenvalue weighted by molar-refractivity contribution is 0.279. The number of rotatable bonds is 5. The van der Waals surface area contributed by atoms with Crippen molar-refractivity contribution < 1.29 is 4.39 Å². The minimum atomic E-state index is -0.236. The molecule has 28 heavy (non-hydrogen) atoms. The minimum Gasteiger partial charge on any atom is -0.359 e.